The van der Waals surface area contributed by atoms with Crippen LogP contribution in [0.15, 0.2) is 24.3 Å². The van der Waals surface area contributed by atoms with E-state index in [9.17, 15) is 4.39 Å². The van der Waals surface area contributed by atoms with E-state index < -0.39 is 0 Å². The number of halogens is 3. The van der Waals surface area contributed by atoms with Gasteiger partial charge < -0.3 is 10.1 Å². The zero-order valence-electron chi connectivity index (χ0n) is 11.8. The predicted molar refractivity (Wildman–Crippen MR) is 87.4 cm³/mol. The molecular weight excluding hydrogens is 332 g/mol. The number of thiophene rings is 1. The molecule has 1 unspecified atom stereocenters. The molecule has 0 aliphatic rings. The number of ether oxygens (including phenoxy) is 1. The zero-order chi connectivity index (χ0) is 15.4. The van der Waals surface area contributed by atoms with Gasteiger partial charge in [0.05, 0.1) is 15.8 Å². The fraction of sp³-hybridized carbons (Fsp3) is 0.333. The van der Waals surface area contributed by atoms with Gasteiger partial charge in [0.15, 0.2) is 11.6 Å². The summed E-state index contributed by atoms with van der Waals surface area (Å²) >= 11 is 13.5. The number of hydrogen-bond acceptors (Lipinski definition) is 3. The highest BCUT2D eigenvalue weighted by molar-refractivity contribution is 7.20. The third-order valence-corrected chi connectivity index (χ3v) is 4.71. The number of nitrogens with one attached hydrogen (secondary N) is 1. The molecule has 1 heterocycles. The second-order valence-corrected chi connectivity index (χ2v) is 6.81. The van der Waals surface area contributed by atoms with Crippen LogP contribution in [0.5, 0.6) is 5.75 Å². The molecule has 1 N–H and O–H groups in total. The monoisotopic (exact) mass is 347 g/mol. The molecule has 114 valence electrons. The van der Waals surface area contributed by atoms with Crippen LogP contribution >= 0.6 is 34.5 Å². The van der Waals surface area contributed by atoms with E-state index in [4.69, 9.17) is 27.9 Å². The first-order valence-electron chi connectivity index (χ1n) is 6.56. The Morgan fingerprint density at radius 1 is 1.38 bits per heavy atom. The molecule has 0 saturated carbocycles. The number of rotatable bonds is 6. The van der Waals surface area contributed by atoms with E-state index >= 15 is 0 Å². The fourth-order valence-corrected chi connectivity index (χ4v) is 3.80. The highest BCUT2D eigenvalue weighted by Gasteiger charge is 2.20. The Bertz CT molecular complexity index is 618. The van der Waals surface area contributed by atoms with Gasteiger partial charge in [-0.25, -0.2) is 4.39 Å². The van der Waals surface area contributed by atoms with Crippen molar-refractivity contribution in [1.29, 1.82) is 0 Å². The summed E-state index contributed by atoms with van der Waals surface area (Å²) in [5.74, 6) is -0.0856. The lowest BCUT2D eigenvalue weighted by Crippen LogP contribution is -2.23. The Labute approximate surface area is 137 Å². The molecule has 1 atom stereocenters. The Morgan fingerprint density at radius 3 is 2.71 bits per heavy atom. The number of likely N-dealkylation sites (N-methyl/N-ethyl adjacent to an activating group) is 1. The van der Waals surface area contributed by atoms with Crippen LogP contribution in [-0.4, -0.2) is 13.7 Å². The average molecular weight is 348 g/mol. The Morgan fingerprint density at radius 2 is 2.14 bits per heavy atom. The van der Waals surface area contributed by atoms with E-state index in [0.717, 1.165) is 12.1 Å². The van der Waals surface area contributed by atoms with Crippen molar-refractivity contribution in [2.75, 3.05) is 13.7 Å². The SMILES string of the molecule is CCNC(Cc1cccc(OC)c1F)c1cc(Cl)sc1Cl. The second-order valence-electron chi connectivity index (χ2n) is 4.53. The molecule has 6 heteroatoms. The Hall–Kier alpha value is -0.810. The lowest BCUT2D eigenvalue weighted by Gasteiger charge is -2.18. The van der Waals surface area contributed by atoms with Crippen LogP contribution in [0.1, 0.15) is 24.1 Å². The van der Waals surface area contributed by atoms with Crippen molar-refractivity contribution >= 4 is 34.5 Å². The first kappa shape index (κ1) is 16.6. The van der Waals surface area contributed by atoms with Crippen LogP contribution < -0.4 is 10.1 Å². The molecule has 0 aliphatic carbocycles. The van der Waals surface area contributed by atoms with Crippen molar-refractivity contribution in [3.63, 3.8) is 0 Å². The summed E-state index contributed by atoms with van der Waals surface area (Å²) in [5, 5.41) is 3.32. The minimum absolute atomic E-state index is 0.0899. The molecule has 0 amide bonds. The minimum Gasteiger partial charge on any atom is -0.494 e. The van der Waals surface area contributed by atoms with Gasteiger partial charge in [-0.15, -0.1) is 11.3 Å². The lowest BCUT2D eigenvalue weighted by atomic mass is 10.0. The predicted octanol–water partition coefficient (Wildman–Crippen LogP) is 5.10. The van der Waals surface area contributed by atoms with Crippen molar-refractivity contribution in [1.82, 2.24) is 5.32 Å². The molecule has 0 radical (unpaired) electrons. The molecule has 0 fully saturated rings. The minimum atomic E-state index is -0.333. The van der Waals surface area contributed by atoms with Crippen molar-refractivity contribution in [3.05, 3.63) is 49.9 Å². The maximum Gasteiger partial charge on any atom is 0.168 e. The van der Waals surface area contributed by atoms with Gasteiger partial charge in [0, 0.05) is 11.6 Å². The summed E-state index contributed by atoms with van der Waals surface area (Å²) in [6.07, 6.45) is 0.476. The maximum atomic E-state index is 14.3. The van der Waals surface area contributed by atoms with Gasteiger partial charge in [-0.3, -0.25) is 0 Å². The molecule has 0 bridgehead atoms. The van der Waals surface area contributed by atoms with Crippen LogP contribution in [0.25, 0.3) is 0 Å². The topological polar surface area (TPSA) is 21.3 Å². The molecule has 1 aromatic carbocycles. The molecule has 2 aromatic rings. The highest BCUT2D eigenvalue weighted by Crippen LogP contribution is 2.36. The molecule has 2 nitrogen and oxygen atoms in total. The maximum absolute atomic E-state index is 14.3. The smallest absolute Gasteiger partial charge is 0.168 e. The van der Waals surface area contributed by atoms with Crippen molar-refractivity contribution < 1.29 is 9.13 Å². The second kappa shape index (κ2) is 7.45. The summed E-state index contributed by atoms with van der Waals surface area (Å²) in [4.78, 5) is 0. The van der Waals surface area contributed by atoms with Crippen LogP contribution in [0.2, 0.25) is 8.67 Å². The number of methoxy groups -OCH3 is 1. The summed E-state index contributed by atoms with van der Waals surface area (Å²) in [6.45, 7) is 2.75. The van der Waals surface area contributed by atoms with E-state index in [0.29, 0.717) is 20.7 Å². The molecule has 2 rings (SSSR count). The normalized spacial score (nSPS) is 12.4. The Kier molecular flexibility index (Phi) is 5.88. The molecular formula is C15H16Cl2FNOS. The number of benzene rings is 1. The summed E-state index contributed by atoms with van der Waals surface area (Å²) in [6, 6.07) is 6.88. The van der Waals surface area contributed by atoms with Crippen LogP contribution in [0, 0.1) is 5.82 Å². The lowest BCUT2D eigenvalue weighted by molar-refractivity contribution is 0.382. The quantitative estimate of drug-likeness (QED) is 0.785. The van der Waals surface area contributed by atoms with Gasteiger partial charge in [0.25, 0.3) is 0 Å². The molecule has 1 aromatic heterocycles. The van der Waals surface area contributed by atoms with E-state index in [1.165, 1.54) is 18.4 Å². The molecule has 0 spiro atoms. The number of hydrogen-bond donors (Lipinski definition) is 1. The third-order valence-electron chi connectivity index (χ3n) is 3.20. The summed E-state index contributed by atoms with van der Waals surface area (Å²) < 4.78 is 20.6. The molecule has 0 aliphatic heterocycles. The zero-order valence-corrected chi connectivity index (χ0v) is 14.1. The average Bonchev–Trinajstić information content (AvgIpc) is 2.79. The first-order valence-corrected chi connectivity index (χ1v) is 8.13. The van der Waals surface area contributed by atoms with Gasteiger partial charge >= 0.3 is 0 Å². The third kappa shape index (κ3) is 3.89. The van der Waals surface area contributed by atoms with Gasteiger partial charge in [-0.1, -0.05) is 42.3 Å². The van der Waals surface area contributed by atoms with Gasteiger partial charge in [-0.05, 0) is 30.7 Å². The summed E-state index contributed by atoms with van der Waals surface area (Å²) in [7, 11) is 1.46. The fourth-order valence-electron chi connectivity index (χ4n) is 2.22. The van der Waals surface area contributed by atoms with Crippen molar-refractivity contribution in [3.8, 4) is 5.75 Å². The molecule has 0 saturated heterocycles. The first-order chi connectivity index (χ1) is 10.1. The molecule has 21 heavy (non-hydrogen) atoms. The van der Waals surface area contributed by atoms with Crippen molar-refractivity contribution in [2.45, 2.75) is 19.4 Å². The van der Waals surface area contributed by atoms with Crippen LogP contribution in [0.3, 0.4) is 0 Å². The van der Waals surface area contributed by atoms with Gasteiger partial charge in [0.1, 0.15) is 0 Å². The van der Waals surface area contributed by atoms with Crippen LogP contribution in [-0.2, 0) is 6.42 Å². The standard InChI is InChI=1S/C15H16Cl2FNOS/c1-3-19-11(10-8-13(16)21-15(10)17)7-9-5-4-6-12(20-2)14(9)18/h4-6,8,11,19H,3,7H2,1-2H3. The van der Waals surface area contributed by atoms with Crippen molar-refractivity contribution in [2.24, 2.45) is 0 Å². The van der Waals surface area contributed by atoms with E-state index in [-0.39, 0.29) is 17.6 Å². The Balaban J connectivity index is 2.30. The van der Waals surface area contributed by atoms with Gasteiger partial charge in [-0.2, -0.15) is 0 Å². The van der Waals surface area contributed by atoms with E-state index in [2.05, 4.69) is 5.32 Å². The van der Waals surface area contributed by atoms with Gasteiger partial charge in [0.2, 0.25) is 0 Å². The largest absolute Gasteiger partial charge is 0.494 e. The van der Waals surface area contributed by atoms with E-state index in [1.54, 1.807) is 18.2 Å². The summed E-state index contributed by atoms with van der Waals surface area (Å²) in [5.41, 5.74) is 1.48. The van der Waals surface area contributed by atoms with Crippen LogP contribution in [0.4, 0.5) is 4.39 Å². The highest BCUT2D eigenvalue weighted by atomic mass is 35.5. The van der Waals surface area contributed by atoms with E-state index in [1.807, 2.05) is 13.0 Å².